The van der Waals surface area contributed by atoms with Gasteiger partial charge in [-0.1, -0.05) is 13.8 Å². The summed E-state index contributed by atoms with van der Waals surface area (Å²) in [5, 5.41) is 13.6. The predicted octanol–water partition coefficient (Wildman–Crippen LogP) is 0.687. The maximum Gasteiger partial charge on any atom is 0.0768 e. The molecule has 0 saturated carbocycles. The molecule has 1 aliphatic heterocycles. The topological polar surface area (TPSA) is 35.5 Å². The van der Waals surface area contributed by atoms with Crippen LogP contribution in [0.5, 0.6) is 0 Å². The Morgan fingerprint density at radius 3 is 2.71 bits per heavy atom. The molecule has 0 aromatic carbocycles. The van der Waals surface area contributed by atoms with Crippen LogP contribution in [0.4, 0.5) is 0 Å². The van der Waals surface area contributed by atoms with Gasteiger partial charge in [-0.05, 0) is 19.8 Å². The van der Waals surface area contributed by atoms with E-state index in [1.165, 1.54) is 0 Å². The second-order valence-electron chi connectivity index (χ2n) is 5.04. The van der Waals surface area contributed by atoms with Crippen molar-refractivity contribution in [1.29, 1.82) is 0 Å². The van der Waals surface area contributed by atoms with Crippen LogP contribution < -0.4 is 5.32 Å². The van der Waals surface area contributed by atoms with Crippen LogP contribution in [0.1, 0.15) is 27.7 Å². The minimum Gasteiger partial charge on any atom is -0.389 e. The maximum atomic E-state index is 10.2. The Morgan fingerprint density at radius 1 is 1.57 bits per heavy atom. The van der Waals surface area contributed by atoms with Gasteiger partial charge in [0.15, 0.2) is 0 Å². The molecule has 14 heavy (non-hydrogen) atoms. The van der Waals surface area contributed by atoms with E-state index >= 15 is 0 Å². The van der Waals surface area contributed by atoms with Crippen LogP contribution in [0.2, 0.25) is 0 Å². The average molecular weight is 200 g/mol. The van der Waals surface area contributed by atoms with E-state index in [-0.39, 0.29) is 0 Å². The van der Waals surface area contributed by atoms with Gasteiger partial charge in [0.25, 0.3) is 0 Å². The number of rotatable bonds is 3. The van der Waals surface area contributed by atoms with Gasteiger partial charge in [-0.2, -0.15) is 0 Å². The van der Waals surface area contributed by atoms with Gasteiger partial charge in [-0.25, -0.2) is 0 Å². The van der Waals surface area contributed by atoms with Gasteiger partial charge in [0.1, 0.15) is 0 Å². The molecule has 3 nitrogen and oxygen atoms in total. The molecular formula is C11H24N2O. The van der Waals surface area contributed by atoms with Crippen molar-refractivity contribution in [2.75, 3.05) is 26.2 Å². The summed E-state index contributed by atoms with van der Waals surface area (Å²) in [5.74, 6) is 0.310. The van der Waals surface area contributed by atoms with Gasteiger partial charge in [-0.15, -0.1) is 0 Å². The predicted molar refractivity (Wildman–Crippen MR) is 59.4 cm³/mol. The first kappa shape index (κ1) is 12.0. The summed E-state index contributed by atoms with van der Waals surface area (Å²) >= 11 is 0. The number of piperazine rings is 1. The third kappa shape index (κ3) is 2.94. The van der Waals surface area contributed by atoms with Crippen molar-refractivity contribution in [3.63, 3.8) is 0 Å². The van der Waals surface area contributed by atoms with Crippen LogP contribution in [-0.4, -0.2) is 47.8 Å². The van der Waals surface area contributed by atoms with Gasteiger partial charge in [0.05, 0.1) is 5.60 Å². The molecule has 0 aromatic rings. The Kier molecular flexibility index (Phi) is 3.93. The largest absolute Gasteiger partial charge is 0.389 e. The minimum absolute atomic E-state index is 0.310. The highest BCUT2D eigenvalue weighted by Gasteiger charge is 2.30. The van der Waals surface area contributed by atoms with Crippen molar-refractivity contribution in [2.45, 2.75) is 39.3 Å². The molecule has 0 amide bonds. The smallest absolute Gasteiger partial charge is 0.0768 e. The Hall–Kier alpha value is -0.120. The minimum atomic E-state index is -0.564. The molecule has 1 saturated heterocycles. The zero-order valence-corrected chi connectivity index (χ0v) is 9.88. The second kappa shape index (κ2) is 4.60. The average Bonchev–Trinajstić information content (AvgIpc) is 2.08. The first-order chi connectivity index (χ1) is 6.43. The number of hydrogen-bond acceptors (Lipinski definition) is 3. The zero-order valence-electron chi connectivity index (χ0n) is 9.88. The van der Waals surface area contributed by atoms with E-state index in [1.807, 2.05) is 6.92 Å². The molecule has 0 radical (unpaired) electrons. The Bertz CT molecular complexity index is 180. The third-order valence-electron chi connectivity index (χ3n) is 3.41. The molecule has 84 valence electrons. The standard InChI is InChI=1S/C11H24N2O/c1-9(2)11(4,14)8-13-6-5-12-7-10(13)3/h9-10,12,14H,5-8H2,1-4H3/t10-,11?/m1/s1. The molecule has 1 fully saturated rings. The quantitative estimate of drug-likeness (QED) is 0.703. The van der Waals surface area contributed by atoms with Gasteiger partial charge >= 0.3 is 0 Å². The molecule has 2 N–H and O–H groups in total. The first-order valence-corrected chi connectivity index (χ1v) is 5.60. The van der Waals surface area contributed by atoms with Crippen molar-refractivity contribution < 1.29 is 5.11 Å². The lowest BCUT2D eigenvalue weighted by atomic mass is 9.91. The Balaban J connectivity index is 2.49. The normalized spacial score (nSPS) is 29.1. The van der Waals surface area contributed by atoms with E-state index in [0.29, 0.717) is 12.0 Å². The number of aliphatic hydroxyl groups is 1. The summed E-state index contributed by atoms with van der Waals surface area (Å²) in [6.07, 6.45) is 0. The fourth-order valence-electron chi connectivity index (χ4n) is 1.71. The molecule has 1 aliphatic rings. The summed E-state index contributed by atoms with van der Waals surface area (Å²) in [4.78, 5) is 2.37. The van der Waals surface area contributed by atoms with Crippen LogP contribution >= 0.6 is 0 Å². The van der Waals surface area contributed by atoms with Crippen molar-refractivity contribution >= 4 is 0 Å². The van der Waals surface area contributed by atoms with E-state index in [0.717, 1.165) is 26.2 Å². The first-order valence-electron chi connectivity index (χ1n) is 5.60. The highest BCUT2D eigenvalue weighted by atomic mass is 16.3. The van der Waals surface area contributed by atoms with Crippen LogP contribution in [0, 0.1) is 5.92 Å². The highest BCUT2D eigenvalue weighted by molar-refractivity contribution is 4.85. The molecule has 3 heteroatoms. The molecule has 0 bridgehead atoms. The van der Waals surface area contributed by atoms with E-state index in [4.69, 9.17) is 0 Å². The third-order valence-corrected chi connectivity index (χ3v) is 3.41. The molecule has 1 unspecified atom stereocenters. The van der Waals surface area contributed by atoms with Gasteiger partial charge < -0.3 is 10.4 Å². The fourth-order valence-corrected chi connectivity index (χ4v) is 1.71. The van der Waals surface area contributed by atoms with Gasteiger partial charge in [0.2, 0.25) is 0 Å². The van der Waals surface area contributed by atoms with Crippen LogP contribution in [0.25, 0.3) is 0 Å². The molecule has 0 aliphatic carbocycles. The summed E-state index contributed by atoms with van der Waals surface area (Å²) in [5.41, 5.74) is -0.564. The zero-order chi connectivity index (χ0) is 10.8. The molecule has 1 rings (SSSR count). The molecule has 2 atom stereocenters. The fraction of sp³-hybridized carbons (Fsp3) is 1.00. The lowest BCUT2D eigenvalue weighted by Gasteiger charge is -2.40. The summed E-state index contributed by atoms with van der Waals surface area (Å²) in [7, 11) is 0. The number of nitrogens with zero attached hydrogens (tertiary/aromatic N) is 1. The summed E-state index contributed by atoms with van der Waals surface area (Å²) in [6.45, 7) is 12.2. The lowest BCUT2D eigenvalue weighted by molar-refractivity contribution is -0.0312. The maximum absolute atomic E-state index is 10.2. The van der Waals surface area contributed by atoms with Crippen molar-refractivity contribution in [2.24, 2.45) is 5.92 Å². The second-order valence-corrected chi connectivity index (χ2v) is 5.04. The molecule has 1 heterocycles. The number of nitrogens with one attached hydrogen (secondary N) is 1. The van der Waals surface area contributed by atoms with Crippen LogP contribution in [-0.2, 0) is 0 Å². The van der Waals surface area contributed by atoms with Crippen molar-refractivity contribution in [1.82, 2.24) is 10.2 Å². The Labute approximate surface area is 87.5 Å². The SMILES string of the molecule is CC(C)C(C)(O)CN1CCNC[C@H]1C. The van der Waals surface area contributed by atoms with E-state index in [2.05, 4.69) is 31.0 Å². The van der Waals surface area contributed by atoms with E-state index in [1.54, 1.807) is 0 Å². The van der Waals surface area contributed by atoms with Gasteiger partial charge in [-0.3, -0.25) is 4.90 Å². The highest BCUT2D eigenvalue weighted by Crippen LogP contribution is 2.19. The summed E-state index contributed by atoms with van der Waals surface area (Å²) in [6, 6.07) is 0.536. The Morgan fingerprint density at radius 2 is 2.21 bits per heavy atom. The monoisotopic (exact) mass is 200 g/mol. The molecular weight excluding hydrogens is 176 g/mol. The number of hydrogen-bond donors (Lipinski definition) is 2. The summed E-state index contributed by atoms with van der Waals surface area (Å²) < 4.78 is 0. The van der Waals surface area contributed by atoms with Crippen molar-refractivity contribution in [3.05, 3.63) is 0 Å². The van der Waals surface area contributed by atoms with Crippen LogP contribution in [0.15, 0.2) is 0 Å². The lowest BCUT2D eigenvalue weighted by Crippen LogP contribution is -2.55. The van der Waals surface area contributed by atoms with Crippen LogP contribution in [0.3, 0.4) is 0 Å². The molecule has 0 aromatic heterocycles. The van der Waals surface area contributed by atoms with E-state index in [9.17, 15) is 5.11 Å². The molecule has 0 spiro atoms. The number of β-amino-alcohol motifs (C(OH)–C–C–N with tert-alkyl or cyclic N) is 1. The van der Waals surface area contributed by atoms with Crippen molar-refractivity contribution in [3.8, 4) is 0 Å². The van der Waals surface area contributed by atoms with Gasteiger partial charge in [0, 0.05) is 32.2 Å². The van der Waals surface area contributed by atoms with E-state index < -0.39 is 5.60 Å².